The molecule has 0 amide bonds. The normalized spacial score (nSPS) is 11.6. The molecule has 22 heavy (non-hydrogen) atoms. The van der Waals surface area contributed by atoms with Crippen LogP contribution in [0.1, 0.15) is 18.3 Å². The fourth-order valence-corrected chi connectivity index (χ4v) is 2.29. The lowest BCUT2D eigenvalue weighted by molar-refractivity contribution is 0.415. The lowest BCUT2D eigenvalue weighted by Gasteiger charge is -2.04. The molecule has 0 spiro atoms. The molecular weight excluding hydrogens is 276 g/mol. The molecule has 1 heterocycles. The summed E-state index contributed by atoms with van der Waals surface area (Å²) < 4.78 is 5.14. The first kappa shape index (κ1) is 14.1. The van der Waals surface area contributed by atoms with E-state index in [2.05, 4.69) is 9.97 Å². The van der Waals surface area contributed by atoms with Gasteiger partial charge in [-0.2, -0.15) is 0 Å². The van der Waals surface area contributed by atoms with E-state index >= 15 is 0 Å². The van der Waals surface area contributed by atoms with Crippen molar-refractivity contribution >= 4 is 22.6 Å². The second kappa shape index (κ2) is 5.85. The van der Waals surface area contributed by atoms with E-state index in [0.717, 1.165) is 16.9 Å². The molecule has 110 valence electrons. The van der Waals surface area contributed by atoms with Gasteiger partial charge in [0, 0.05) is 0 Å². The first-order valence-electron chi connectivity index (χ1n) is 6.99. The van der Waals surface area contributed by atoms with E-state index in [4.69, 9.17) is 4.74 Å². The summed E-state index contributed by atoms with van der Waals surface area (Å²) >= 11 is 0. The summed E-state index contributed by atoms with van der Waals surface area (Å²) in [6.07, 6.45) is 1.98. The molecule has 0 fully saturated rings. The quantitative estimate of drug-likeness (QED) is 0.804. The standard InChI is InChI=1S/C18H16N2O2/c1-12(11-13-7-9-14(22-2)10-8-13)17-19-16-6-4-3-5-15(16)18(21)20-17/h3-11H,1-2H3,(H,19,20,21)/b12-11-. The van der Waals surface area contributed by atoms with E-state index in [1.165, 1.54) is 0 Å². The van der Waals surface area contributed by atoms with Crippen LogP contribution in [0.25, 0.3) is 22.6 Å². The van der Waals surface area contributed by atoms with Crippen LogP contribution in [0.5, 0.6) is 5.75 Å². The number of aromatic amines is 1. The molecule has 4 heteroatoms. The summed E-state index contributed by atoms with van der Waals surface area (Å²) in [4.78, 5) is 19.5. The van der Waals surface area contributed by atoms with Gasteiger partial charge in [0.2, 0.25) is 0 Å². The molecule has 3 rings (SSSR count). The third-order valence-electron chi connectivity index (χ3n) is 3.49. The van der Waals surface area contributed by atoms with Gasteiger partial charge in [-0.05, 0) is 48.4 Å². The molecule has 0 bridgehead atoms. The monoisotopic (exact) mass is 292 g/mol. The number of benzene rings is 2. The fraction of sp³-hybridized carbons (Fsp3) is 0.111. The predicted molar refractivity (Wildman–Crippen MR) is 88.9 cm³/mol. The summed E-state index contributed by atoms with van der Waals surface area (Å²) in [5.41, 5.74) is 2.49. The van der Waals surface area contributed by atoms with Crippen molar-refractivity contribution in [3.63, 3.8) is 0 Å². The molecule has 1 N–H and O–H groups in total. The van der Waals surface area contributed by atoms with Crippen molar-refractivity contribution in [2.24, 2.45) is 0 Å². The van der Waals surface area contributed by atoms with Crippen molar-refractivity contribution in [3.8, 4) is 5.75 Å². The zero-order valence-electron chi connectivity index (χ0n) is 12.5. The SMILES string of the molecule is COc1ccc(/C=C(/C)c2nc3ccccc3c(=O)[nH]2)cc1. The minimum atomic E-state index is -0.122. The Morgan fingerprint density at radius 1 is 1.14 bits per heavy atom. The Balaban J connectivity index is 2.02. The Morgan fingerprint density at radius 3 is 2.59 bits per heavy atom. The van der Waals surface area contributed by atoms with Gasteiger partial charge in [-0.15, -0.1) is 0 Å². The van der Waals surface area contributed by atoms with Gasteiger partial charge >= 0.3 is 0 Å². The lowest BCUT2D eigenvalue weighted by atomic mass is 10.1. The van der Waals surface area contributed by atoms with Gasteiger partial charge in [-0.1, -0.05) is 24.3 Å². The van der Waals surface area contributed by atoms with E-state index in [-0.39, 0.29) is 5.56 Å². The minimum Gasteiger partial charge on any atom is -0.497 e. The van der Waals surface area contributed by atoms with E-state index in [1.807, 2.05) is 55.5 Å². The largest absolute Gasteiger partial charge is 0.497 e. The van der Waals surface area contributed by atoms with Gasteiger partial charge < -0.3 is 9.72 Å². The number of rotatable bonds is 3. The fourth-order valence-electron chi connectivity index (χ4n) is 2.29. The molecule has 0 radical (unpaired) electrons. The molecular formula is C18H16N2O2. The molecule has 0 aliphatic carbocycles. The van der Waals surface area contributed by atoms with E-state index < -0.39 is 0 Å². The highest BCUT2D eigenvalue weighted by Gasteiger charge is 2.04. The predicted octanol–water partition coefficient (Wildman–Crippen LogP) is 3.49. The number of allylic oxidation sites excluding steroid dienone is 1. The van der Waals surface area contributed by atoms with Crippen LogP contribution in [0.2, 0.25) is 0 Å². The van der Waals surface area contributed by atoms with Crippen molar-refractivity contribution in [2.45, 2.75) is 6.92 Å². The van der Waals surface area contributed by atoms with Crippen LogP contribution >= 0.6 is 0 Å². The molecule has 0 aliphatic heterocycles. The number of para-hydroxylation sites is 1. The van der Waals surface area contributed by atoms with Gasteiger partial charge in [-0.25, -0.2) is 4.98 Å². The van der Waals surface area contributed by atoms with Gasteiger partial charge in [0.1, 0.15) is 11.6 Å². The molecule has 4 nitrogen and oxygen atoms in total. The molecule has 3 aromatic rings. The molecule has 0 unspecified atom stereocenters. The highest BCUT2D eigenvalue weighted by molar-refractivity contribution is 5.82. The lowest BCUT2D eigenvalue weighted by Crippen LogP contribution is -2.10. The number of hydrogen-bond donors (Lipinski definition) is 1. The number of H-pyrrole nitrogens is 1. The molecule has 0 saturated carbocycles. The van der Waals surface area contributed by atoms with Crippen LogP contribution in [0, 0.1) is 0 Å². The minimum absolute atomic E-state index is 0.122. The topological polar surface area (TPSA) is 55.0 Å². The highest BCUT2D eigenvalue weighted by Crippen LogP contribution is 2.18. The number of ether oxygens (including phenoxy) is 1. The number of aromatic nitrogens is 2. The summed E-state index contributed by atoms with van der Waals surface area (Å²) in [6, 6.07) is 15.0. The van der Waals surface area contributed by atoms with Crippen LogP contribution < -0.4 is 10.3 Å². The van der Waals surface area contributed by atoms with Crippen LogP contribution in [0.3, 0.4) is 0 Å². The zero-order chi connectivity index (χ0) is 15.5. The second-order valence-corrected chi connectivity index (χ2v) is 5.03. The summed E-state index contributed by atoms with van der Waals surface area (Å²) in [5.74, 6) is 1.39. The molecule has 0 saturated heterocycles. The van der Waals surface area contributed by atoms with Crippen molar-refractivity contribution in [1.82, 2.24) is 9.97 Å². The Morgan fingerprint density at radius 2 is 1.86 bits per heavy atom. The van der Waals surface area contributed by atoms with Crippen molar-refractivity contribution in [3.05, 3.63) is 70.3 Å². The van der Waals surface area contributed by atoms with Gasteiger partial charge in [-0.3, -0.25) is 4.79 Å². The Hall–Kier alpha value is -2.88. The van der Waals surface area contributed by atoms with Crippen LogP contribution in [-0.2, 0) is 0 Å². The molecule has 1 aromatic heterocycles. The van der Waals surface area contributed by atoms with Crippen molar-refractivity contribution in [2.75, 3.05) is 7.11 Å². The van der Waals surface area contributed by atoms with Crippen LogP contribution in [-0.4, -0.2) is 17.1 Å². The average Bonchev–Trinajstić information content (AvgIpc) is 2.55. The smallest absolute Gasteiger partial charge is 0.259 e. The Kier molecular flexibility index (Phi) is 3.74. The second-order valence-electron chi connectivity index (χ2n) is 5.03. The number of nitrogens with zero attached hydrogens (tertiary/aromatic N) is 1. The van der Waals surface area contributed by atoms with Crippen LogP contribution in [0.4, 0.5) is 0 Å². The van der Waals surface area contributed by atoms with E-state index in [0.29, 0.717) is 16.7 Å². The number of hydrogen-bond acceptors (Lipinski definition) is 3. The first-order chi connectivity index (χ1) is 10.7. The number of methoxy groups -OCH3 is 1. The summed E-state index contributed by atoms with van der Waals surface area (Å²) in [6.45, 7) is 1.93. The van der Waals surface area contributed by atoms with Crippen molar-refractivity contribution < 1.29 is 4.74 Å². The van der Waals surface area contributed by atoms with E-state index in [1.54, 1.807) is 13.2 Å². The summed E-state index contributed by atoms with van der Waals surface area (Å²) in [7, 11) is 1.64. The van der Waals surface area contributed by atoms with Crippen LogP contribution in [0.15, 0.2) is 53.3 Å². The third-order valence-corrected chi connectivity index (χ3v) is 3.49. The zero-order valence-corrected chi connectivity index (χ0v) is 12.5. The maximum atomic E-state index is 12.1. The average molecular weight is 292 g/mol. The van der Waals surface area contributed by atoms with Gasteiger partial charge in [0.05, 0.1) is 18.0 Å². The third kappa shape index (κ3) is 2.76. The maximum absolute atomic E-state index is 12.1. The number of fused-ring (bicyclic) bond motifs is 1. The Bertz CT molecular complexity index is 893. The Labute approximate surface area is 128 Å². The molecule has 0 aliphatic rings. The van der Waals surface area contributed by atoms with Gasteiger partial charge in [0.25, 0.3) is 5.56 Å². The molecule has 0 atom stereocenters. The molecule has 2 aromatic carbocycles. The van der Waals surface area contributed by atoms with Gasteiger partial charge in [0.15, 0.2) is 0 Å². The maximum Gasteiger partial charge on any atom is 0.259 e. The van der Waals surface area contributed by atoms with Crippen molar-refractivity contribution in [1.29, 1.82) is 0 Å². The summed E-state index contributed by atoms with van der Waals surface area (Å²) in [5, 5.41) is 0.600. The first-order valence-corrected chi connectivity index (χ1v) is 6.99. The highest BCUT2D eigenvalue weighted by atomic mass is 16.5. The van der Waals surface area contributed by atoms with E-state index in [9.17, 15) is 4.79 Å². The number of nitrogens with one attached hydrogen (secondary N) is 1.